The number of nitrogens with one attached hydrogen (secondary N) is 1. The summed E-state index contributed by atoms with van der Waals surface area (Å²) in [5.74, 6) is 1.01. The van der Waals surface area contributed by atoms with Crippen LogP contribution < -0.4 is 5.32 Å². The number of aliphatic imine (C=N–C) groups is 1. The van der Waals surface area contributed by atoms with E-state index < -0.39 is 13.1 Å². The quantitative estimate of drug-likeness (QED) is 0.770. The van der Waals surface area contributed by atoms with Crippen molar-refractivity contribution in [3.8, 4) is 0 Å². The van der Waals surface area contributed by atoms with E-state index in [4.69, 9.17) is 8.85 Å². The number of hydrogen-bond acceptors (Lipinski definition) is 4. The molecule has 2 aliphatic carbocycles. The van der Waals surface area contributed by atoms with Gasteiger partial charge in [0.25, 0.3) is 0 Å². The molecule has 3 atom stereocenters. The fourth-order valence-electron chi connectivity index (χ4n) is 5.37. The van der Waals surface area contributed by atoms with Gasteiger partial charge in [0.2, 0.25) is 0 Å². The van der Waals surface area contributed by atoms with Crippen LogP contribution in [0.2, 0.25) is 0 Å². The van der Waals surface area contributed by atoms with E-state index >= 15 is 0 Å². The Kier molecular flexibility index (Phi) is 3.09. The van der Waals surface area contributed by atoms with Crippen LogP contribution in [-0.2, 0) is 30.5 Å². The van der Waals surface area contributed by atoms with Crippen LogP contribution in [0, 0.1) is 5.92 Å². The van der Waals surface area contributed by atoms with Crippen LogP contribution in [0.4, 0.5) is 0 Å². The highest BCUT2D eigenvalue weighted by Crippen LogP contribution is 2.45. The van der Waals surface area contributed by atoms with Gasteiger partial charge in [-0.1, -0.05) is 12.2 Å². The molecule has 4 heterocycles. The zero-order valence-corrected chi connectivity index (χ0v) is 16.2. The first-order chi connectivity index (χ1) is 14.5. The lowest BCUT2D eigenvalue weighted by Gasteiger charge is -2.30. The molecule has 0 spiro atoms. The summed E-state index contributed by atoms with van der Waals surface area (Å²) in [6, 6.07) is 0.298. The van der Waals surface area contributed by atoms with Gasteiger partial charge in [-0.25, -0.2) is 4.99 Å². The van der Waals surface area contributed by atoms with E-state index in [1.54, 1.807) is 22.1 Å². The summed E-state index contributed by atoms with van der Waals surface area (Å²) in [4.78, 5) is 7.61. The molecule has 0 amide bonds. The number of thiophene rings is 1. The fourth-order valence-corrected chi connectivity index (χ4v) is 6.75. The molecule has 140 valence electrons. The molecule has 1 fully saturated rings. The molecule has 0 aromatic carbocycles. The van der Waals surface area contributed by atoms with Gasteiger partial charge in [-0.15, -0.1) is 11.3 Å². The Bertz CT molecular complexity index is 1030. The summed E-state index contributed by atoms with van der Waals surface area (Å²) in [5.41, 5.74) is 5.94. The Morgan fingerprint density at radius 3 is 3.15 bits per heavy atom. The Hall–Kier alpha value is -1.65. The summed E-state index contributed by atoms with van der Waals surface area (Å²) in [7, 11) is 0. The molecule has 6 rings (SSSR count). The van der Waals surface area contributed by atoms with Crippen LogP contribution in [0.5, 0.6) is 0 Å². The summed E-state index contributed by atoms with van der Waals surface area (Å²) in [5, 5.41) is 3.78. The molecule has 3 nitrogen and oxygen atoms in total. The van der Waals surface area contributed by atoms with E-state index in [0.29, 0.717) is 6.04 Å². The lowest BCUT2D eigenvalue weighted by Crippen LogP contribution is -2.38. The number of dihydropyridines is 1. The zero-order chi connectivity index (χ0) is 20.5. The Labute approximate surface area is 169 Å². The summed E-state index contributed by atoms with van der Waals surface area (Å²) < 4.78 is 29.3. The highest BCUT2D eigenvalue weighted by molar-refractivity contribution is 7.12. The van der Waals surface area contributed by atoms with Crippen molar-refractivity contribution in [2.24, 2.45) is 10.9 Å². The van der Waals surface area contributed by atoms with Gasteiger partial charge in [-0.3, -0.25) is 0 Å². The van der Waals surface area contributed by atoms with Gasteiger partial charge in [-0.05, 0) is 74.6 Å². The third-order valence-electron chi connectivity index (χ3n) is 6.67. The number of fused-ring (bicyclic) bond motifs is 6. The molecule has 0 saturated carbocycles. The second kappa shape index (κ2) is 6.18. The summed E-state index contributed by atoms with van der Waals surface area (Å²) in [6.07, 6.45) is 13.7. The van der Waals surface area contributed by atoms with Crippen molar-refractivity contribution in [3.05, 3.63) is 56.0 Å². The highest BCUT2D eigenvalue weighted by Gasteiger charge is 2.41. The molecule has 27 heavy (non-hydrogen) atoms. The largest absolute Gasteiger partial charge is 0.467 e. The minimum atomic E-state index is -2.19. The summed E-state index contributed by atoms with van der Waals surface area (Å²) >= 11 is 2.02. The second-order valence-corrected chi connectivity index (χ2v) is 9.40. The lowest BCUT2D eigenvalue weighted by molar-refractivity contribution is 0.146. The molecule has 1 saturated heterocycles. The van der Waals surface area contributed by atoms with Gasteiger partial charge < -0.3 is 10.1 Å². The number of hydrogen-bond donors (Lipinski definition) is 1. The van der Waals surface area contributed by atoms with Crippen molar-refractivity contribution >= 4 is 17.0 Å². The van der Waals surface area contributed by atoms with Crippen LogP contribution in [0.15, 0.2) is 40.1 Å². The van der Waals surface area contributed by atoms with Crippen molar-refractivity contribution in [3.63, 3.8) is 0 Å². The van der Waals surface area contributed by atoms with Gasteiger partial charge in [0.15, 0.2) is 6.23 Å². The van der Waals surface area contributed by atoms with Gasteiger partial charge >= 0.3 is 0 Å². The third kappa shape index (κ3) is 2.53. The first-order valence-corrected chi connectivity index (χ1v) is 11.0. The topological polar surface area (TPSA) is 33.6 Å². The number of rotatable bonds is 1. The van der Waals surface area contributed by atoms with Crippen molar-refractivity contribution in [2.75, 3.05) is 0 Å². The first kappa shape index (κ1) is 13.5. The monoisotopic (exact) mass is 381 g/mol. The Morgan fingerprint density at radius 2 is 2.19 bits per heavy atom. The van der Waals surface area contributed by atoms with Gasteiger partial charge in [-0.2, -0.15) is 0 Å². The maximum Gasteiger partial charge on any atom is 0.200 e. The van der Waals surface area contributed by atoms with Crippen molar-refractivity contribution < 1.29 is 8.85 Å². The van der Waals surface area contributed by atoms with Crippen LogP contribution >= 0.6 is 11.3 Å². The van der Waals surface area contributed by atoms with E-state index in [1.165, 1.54) is 41.7 Å². The molecule has 4 heteroatoms. The number of allylic oxidation sites excluding steroid dienone is 3. The standard InChI is InChI=1S/C23H26N2OS/c1-13-9-10-16-15-6-4-7-17(22(15)26-23(16)25-13)19-11-18-14-5-2-3-8-20(14)27-21(18)12-24-19/h6,9-10,16,19,23-24H,2-5,7-8,11-12H2,1H3/t16?,19-,23?/m1/s1/i1D3. The van der Waals surface area contributed by atoms with E-state index in [1.807, 2.05) is 17.4 Å². The van der Waals surface area contributed by atoms with Crippen molar-refractivity contribution in [1.82, 2.24) is 5.32 Å². The Balaban J connectivity index is 1.32. The van der Waals surface area contributed by atoms with Crippen LogP contribution in [0.25, 0.3) is 0 Å². The second-order valence-electron chi connectivity index (χ2n) is 8.21. The molecule has 0 bridgehead atoms. The normalized spacial score (nSPS) is 33.5. The average Bonchev–Trinajstić information content (AvgIpc) is 3.30. The highest BCUT2D eigenvalue weighted by atomic mass is 32.1. The molecular formula is C23H26N2OS. The minimum absolute atomic E-state index is 0.0365. The third-order valence-corrected chi connectivity index (χ3v) is 8.00. The van der Waals surface area contributed by atoms with Crippen molar-refractivity contribution in [2.45, 2.75) is 70.6 Å². The summed E-state index contributed by atoms with van der Waals surface area (Å²) in [6.45, 7) is -1.24. The lowest BCUT2D eigenvalue weighted by atomic mass is 9.82. The molecular weight excluding hydrogens is 352 g/mol. The minimum Gasteiger partial charge on any atom is -0.467 e. The van der Waals surface area contributed by atoms with Crippen molar-refractivity contribution in [1.29, 1.82) is 0 Å². The van der Waals surface area contributed by atoms with E-state index in [-0.39, 0.29) is 11.6 Å². The molecule has 1 N–H and O–H groups in total. The Morgan fingerprint density at radius 1 is 1.22 bits per heavy atom. The fraction of sp³-hybridized carbons (Fsp3) is 0.522. The molecule has 0 radical (unpaired) electrons. The van der Waals surface area contributed by atoms with Gasteiger partial charge in [0, 0.05) is 37.7 Å². The van der Waals surface area contributed by atoms with Gasteiger partial charge in [0.1, 0.15) is 5.76 Å². The predicted molar refractivity (Wildman–Crippen MR) is 110 cm³/mol. The average molecular weight is 382 g/mol. The number of nitrogens with zero attached hydrogens (tertiary/aromatic N) is 1. The smallest absolute Gasteiger partial charge is 0.200 e. The molecule has 5 aliphatic rings. The molecule has 1 aromatic rings. The van der Waals surface area contributed by atoms with E-state index in [9.17, 15) is 0 Å². The molecule has 2 unspecified atom stereocenters. The predicted octanol–water partition coefficient (Wildman–Crippen LogP) is 4.62. The maximum absolute atomic E-state index is 7.67. The molecule has 3 aliphatic heterocycles. The zero-order valence-electron chi connectivity index (χ0n) is 18.4. The first-order valence-electron chi connectivity index (χ1n) is 11.7. The van der Waals surface area contributed by atoms with E-state index in [0.717, 1.165) is 31.6 Å². The van der Waals surface area contributed by atoms with Crippen LogP contribution in [0.3, 0.4) is 0 Å². The number of aryl methyl sites for hydroxylation is 1. The van der Waals surface area contributed by atoms with Crippen LogP contribution in [-0.4, -0.2) is 18.0 Å². The van der Waals surface area contributed by atoms with E-state index in [2.05, 4.69) is 16.4 Å². The number of ether oxygens (including phenoxy) is 1. The SMILES string of the molecule is [2H]C([2H])([2H])C1=NC2OC3=C([C@H]4Cc5c(sc6c5CCCC6)CN4)CCC=C3C2C=C1. The maximum atomic E-state index is 7.67. The molecule has 1 aromatic heterocycles. The van der Waals surface area contributed by atoms with Gasteiger partial charge in [0.05, 0.1) is 5.92 Å². The van der Waals surface area contributed by atoms with Crippen LogP contribution in [0.1, 0.15) is 57.5 Å².